The summed E-state index contributed by atoms with van der Waals surface area (Å²) in [5.41, 5.74) is 0. The van der Waals surface area contributed by atoms with Crippen molar-refractivity contribution in [2.75, 3.05) is 0 Å². The molecule has 0 aromatic heterocycles. The van der Waals surface area contributed by atoms with Crippen LogP contribution in [0.4, 0.5) is 57.1 Å². The number of rotatable bonds is 15. The highest BCUT2D eigenvalue weighted by Gasteiger charge is 2.90. The van der Waals surface area contributed by atoms with Gasteiger partial charge in [-0.2, -0.15) is 57.1 Å². The van der Waals surface area contributed by atoms with Crippen molar-refractivity contribution in [3.63, 3.8) is 0 Å². The van der Waals surface area contributed by atoms with Gasteiger partial charge in [0.1, 0.15) is 0 Å². The predicted molar refractivity (Wildman–Crippen MR) is 84.6 cm³/mol. The average Bonchev–Trinajstić information content (AvgIpc) is 2.61. The van der Waals surface area contributed by atoms with E-state index in [0.29, 0.717) is 32.1 Å². The Balaban J connectivity index is 4.88. The Labute approximate surface area is 174 Å². The fraction of sp³-hybridized carbons (Fsp3) is 0.941. The minimum absolute atomic E-state index is 0.0537. The number of carboxylic acids is 1. The van der Waals surface area contributed by atoms with Crippen molar-refractivity contribution in [1.82, 2.24) is 0 Å². The van der Waals surface area contributed by atoms with Crippen molar-refractivity contribution in [2.45, 2.75) is 100.0 Å². The molecule has 0 aromatic rings. The summed E-state index contributed by atoms with van der Waals surface area (Å²) in [5.74, 6) is -37.5. The first-order valence-electron chi connectivity index (χ1n) is 9.34. The lowest BCUT2D eigenvalue weighted by atomic mass is 9.91. The predicted octanol–water partition coefficient (Wildman–Crippen LogP) is 7.71. The first-order valence-corrected chi connectivity index (χ1v) is 9.34. The third-order valence-electron chi connectivity index (χ3n) is 4.63. The van der Waals surface area contributed by atoms with E-state index in [0.717, 1.165) is 0 Å². The van der Waals surface area contributed by atoms with Crippen molar-refractivity contribution in [3.8, 4) is 0 Å². The number of halogens is 13. The fourth-order valence-corrected chi connectivity index (χ4v) is 2.64. The van der Waals surface area contributed by atoms with Gasteiger partial charge in [0.05, 0.1) is 0 Å². The molecule has 0 spiro atoms. The van der Waals surface area contributed by atoms with E-state index in [9.17, 15) is 61.9 Å². The lowest BCUT2D eigenvalue weighted by Crippen LogP contribution is -2.70. The average molecular weight is 504 g/mol. The summed E-state index contributed by atoms with van der Waals surface area (Å²) in [7, 11) is 0. The number of unbranched alkanes of at least 4 members (excludes halogenated alkanes) is 7. The summed E-state index contributed by atoms with van der Waals surface area (Å²) in [4.78, 5) is 10.3. The standard InChI is InChI=1S/C17H21F13O2/c18-12(19,10-8-6-4-2-1-3-5-7-9-11(31)32)13(20,21)14(22,23)15(24,25)16(26,27)17(28,29)30/h1-10H2,(H,31,32). The van der Waals surface area contributed by atoms with Crippen LogP contribution in [0.25, 0.3) is 0 Å². The van der Waals surface area contributed by atoms with Crippen LogP contribution >= 0.6 is 0 Å². The molecule has 192 valence electrons. The van der Waals surface area contributed by atoms with E-state index in [4.69, 9.17) is 5.11 Å². The van der Waals surface area contributed by atoms with Crippen LogP contribution in [0.2, 0.25) is 0 Å². The number of carbonyl (C=O) groups is 1. The van der Waals surface area contributed by atoms with Gasteiger partial charge in [0.2, 0.25) is 0 Å². The summed E-state index contributed by atoms with van der Waals surface area (Å²) in [6, 6.07) is 0. The third kappa shape index (κ3) is 6.55. The van der Waals surface area contributed by atoms with Crippen molar-refractivity contribution < 1.29 is 67.0 Å². The van der Waals surface area contributed by atoms with E-state index in [-0.39, 0.29) is 19.3 Å². The Bertz CT molecular complexity index is 600. The highest BCUT2D eigenvalue weighted by molar-refractivity contribution is 5.66. The zero-order valence-electron chi connectivity index (χ0n) is 16.3. The largest absolute Gasteiger partial charge is 0.481 e. The number of alkyl halides is 13. The molecule has 2 nitrogen and oxygen atoms in total. The SMILES string of the molecule is O=C(O)CCCCCCCCCCC(F)(F)C(F)(F)C(F)(F)C(F)(F)C(F)(F)C(F)(F)F. The van der Waals surface area contributed by atoms with Gasteiger partial charge in [-0.1, -0.05) is 38.5 Å². The first-order chi connectivity index (χ1) is 14.2. The van der Waals surface area contributed by atoms with Gasteiger partial charge >= 0.3 is 41.8 Å². The van der Waals surface area contributed by atoms with Crippen molar-refractivity contribution >= 4 is 5.97 Å². The quantitative estimate of drug-likeness (QED) is 0.183. The molecule has 0 aromatic carbocycles. The zero-order chi connectivity index (χ0) is 25.6. The second-order valence-electron chi connectivity index (χ2n) is 7.22. The van der Waals surface area contributed by atoms with Gasteiger partial charge in [0.25, 0.3) is 0 Å². The Morgan fingerprint density at radius 2 is 0.844 bits per heavy atom. The monoisotopic (exact) mass is 504 g/mol. The second kappa shape index (κ2) is 10.7. The van der Waals surface area contributed by atoms with E-state index in [2.05, 4.69) is 0 Å². The molecular formula is C17H21F13O2. The van der Waals surface area contributed by atoms with Crippen LogP contribution in [0.1, 0.15) is 64.2 Å². The molecule has 0 aliphatic carbocycles. The van der Waals surface area contributed by atoms with Gasteiger partial charge in [-0.15, -0.1) is 0 Å². The molecule has 0 atom stereocenters. The third-order valence-corrected chi connectivity index (χ3v) is 4.63. The van der Waals surface area contributed by atoms with Gasteiger partial charge in [-0.3, -0.25) is 4.79 Å². The lowest BCUT2D eigenvalue weighted by Gasteiger charge is -2.39. The molecular weight excluding hydrogens is 483 g/mol. The smallest absolute Gasteiger partial charge is 0.460 e. The number of hydrogen-bond donors (Lipinski definition) is 1. The molecule has 0 bridgehead atoms. The Hall–Kier alpha value is -1.44. The van der Waals surface area contributed by atoms with Crippen LogP contribution in [-0.2, 0) is 4.79 Å². The summed E-state index contributed by atoms with van der Waals surface area (Å²) >= 11 is 0. The first kappa shape index (κ1) is 30.6. The van der Waals surface area contributed by atoms with Crippen LogP contribution < -0.4 is 0 Å². The van der Waals surface area contributed by atoms with E-state index < -0.39 is 54.6 Å². The second-order valence-corrected chi connectivity index (χ2v) is 7.22. The molecule has 32 heavy (non-hydrogen) atoms. The normalized spacial score (nSPS) is 14.7. The van der Waals surface area contributed by atoms with Crippen LogP contribution in [0.15, 0.2) is 0 Å². The number of hydrogen-bond acceptors (Lipinski definition) is 1. The van der Waals surface area contributed by atoms with E-state index in [1.165, 1.54) is 0 Å². The van der Waals surface area contributed by atoms with Crippen LogP contribution in [0.5, 0.6) is 0 Å². The summed E-state index contributed by atoms with van der Waals surface area (Å²) < 4.78 is 168. The molecule has 0 heterocycles. The van der Waals surface area contributed by atoms with E-state index in [1.807, 2.05) is 0 Å². The maximum atomic E-state index is 13.6. The fourth-order valence-electron chi connectivity index (χ4n) is 2.64. The minimum Gasteiger partial charge on any atom is -0.481 e. The van der Waals surface area contributed by atoms with Crippen molar-refractivity contribution in [1.29, 1.82) is 0 Å². The van der Waals surface area contributed by atoms with Gasteiger partial charge in [0.15, 0.2) is 0 Å². The topological polar surface area (TPSA) is 37.3 Å². The summed E-state index contributed by atoms with van der Waals surface area (Å²) in [6.45, 7) is 0. The molecule has 0 aliphatic heterocycles. The maximum Gasteiger partial charge on any atom is 0.460 e. The molecule has 0 radical (unpaired) electrons. The number of carboxylic acid groups (broad SMARTS) is 1. The van der Waals surface area contributed by atoms with Crippen LogP contribution in [0, 0.1) is 0 Å². The highest BCUT2D eigenvalue weighted by atomic mass is 19.4. The van der Waals surface area contributed by atoms with Crippen LogP contribution in [-0.4, -0.2) is 46.9 Å². The lowest BCUT2D eigenvalue weighted by molar-refractivity contribution is -0.440. The summed E-state index contributed by atoms with van der Waals surface area (Å²) in [5, 5.41) is 8.42. The molecule has 0 unspecified atom stereocenters. The molecule has 0 rings (SSSR count). The van der Waals surface area contributed by atoms with Gasteiger partial charge in [-0.25, -0.2) is 0 Å². The van der Waals surface area contributed by atoms with Crippen molar-refractivity contribution in [2.24, 2.45) is 0 Å². The molecule has 0 aliphatic rings. The zero-order valence-corrected chi connectivity index (χ0v) is 16.3. The van der Waals surface area contributed by atoms with E-state index >= 15 is 0 Å². The molecule has 0 saturated heterocycles. The Morgan fingerprint density at radius 1 is 0.500 bits per heavy atom. The van der Waals surface area contributed by atoms with Crippen LogP contribution in [0.3, 0.4) is 0 Å². The van der Waals surface area contributed by atoms with Crippen molar-refractivity contribution in [3.05, 3.63) is 0 Å². The van der Waals surface area contributed by atoms with Gasteiger partial charge < -0.3 is 5.11 Å². The Morgan fingerprint density at radius 3 is 1.22 bits per heavy atom. The highest BCUT2D eigenvalue weighted by Crippen LogP contribution is 2.60. The minimum atomic E-state index is -7.86. The number of aliphatic carboxylic acids is 1. The molecule has 15 heteroatoms. The molecule has 0 saturated carbocycles. The summed E-state index contributed by atoms with van der Waals surface area (Å²) in [6.07, 6.45) is -8.30. The molecule has 1 N–H and O–H groups in total. The molecule has 0 amide bonds. The van der Waals surface area contributed by atoms with Gasteiger partial charge in [-0.05, 0) is 12.8 Å². The van der Waals surface area contributed by atoms with E-state index in [1.54, 1.807) is 0 Å². The maximum absolute atomic E-state index is 13.6. The Kier molecular flexibility index (Phi) is 10.2. The van der Waals surface area contributed by atoms with Gasteiger partial charge in [0, 0.05) is 12.8 Å². The molecule has 0 fully saturated rings.